The van der Waals surface area contributed by atoms with E-state index in [1.54, 1.807) is 7.11 Å². The van der Waals surface area contributed by atoms with Gasteiger partial charge in [0.25, 0.3) is 0 Å². The molecule has 26 heavy (non-hydrogen) atoms. The van der Waals surface area contributed by atoms with Crippen molar-refractivity contribution in [3.63, 3.8) is 0 Å². The van der Waals surface area contributed by atoms with Crippen molar-refractivity contribution in [3.05, 3.63) is 11.6 Å². The predicted molar refractivity (Wildman–Crippen MR) is 92.0 cm³/mol. The highest BCUT2D eigenvalue weighted by Gasteiger charge is 3.03. The highest BCUT2D eigenvalue weighted by atomic mass is 35.5. The molecular weight excluding hydrogens is 362 g/mol. The molecular formula is C18H24ClNO6. The highest BCUT2D eigenvalue weighted by Crippen LogP contribution is 2.87. The molecule has 4 aliphatic rings. The predicted octanol–water partition coefficient (Wildman–Crippen LogP) is 2.90. The van der Waals surface area contributed by atoms with E-state index in [9.17, 15) is 9.59 Å². The fraction of sp³-hybridized carbons (Fsp3) is 0.778. The van der Waals surface area contributed by atoms with E-state index in [1.807, 2.05) is 5.32 Å². The summed E-state index contributed by atoms with van der Waals surface area (Å²) >= 11 is 5.19. The van der Waals surface area contributed by atoms with Crippen LogP contribution < -0.4 is 5.32 Å². The van der Waals surface area contributed by atoms with E-state index in [-0.39, 0.29) is 34.9 Å². The molecule has 7 atom stereocenters. The van der Waals surface area contributed by atoms with Gasteiger partial charge in [-0.25, -0.2) is 10.1 Å². The third kappa shape index (κ3) is 2.24. The van der Waals surface area contributed by atoms with Gasteiger partial charge in [-0.2, -0.15) is 0 Å². The summed E-state index contributed by atoms with van der Waals surface area (Å²) in [5.41, 5.74) is 0.343. The van der Waals surface area contributed by atoms with Crippen LogP contribution in [0.3, 0.4) is 0 Å². The Kier molecular flexibility index (Phi) is 3.98. The number of nitrogens with one attached hydrogen (secondary N) is 1. The zero-order valence-electron chi connectivity index (χ0n) is 15.3. The van der Waals surface area contributed by atoms with Crippen molar-refractivity contribution in [1.82, 2.24) is 5.32 Å². The summed E-state index contributed by atoms with van der Waals surface area (Å²) in [5, 5.41) is 0.962. The van der Waals surface area contributed by atoms with Crippen molar-refractivity contribution in [3.8, 4) is 0 Å². The van der Waals surface area contributed by atoms with Gasteiger partial charge in [0.05, 0.1) is 11.5 Å². The van der Waals surface area contributed by atoms with Gasteiger partial charge in [0.2, 0.25) is 0 Å². The van der Waals surface area contributed by atoms with Gasteiger partial charge in [-0.15, -0.1) is 0 Å². The van der Waals surface area contributed by atoms with Crippen molar-refractivity contribution in [2.45, 2.75) is 75.7 Å². The van der Waals surface area contributed by atoms with Crippen LogP contribution in [0.25, 0.3) is 0 Å². The first-order valence-electron chi connectivity index (χ1n) is 8.92. The summed E-state index contributed by atoms with van der Waals surface area (Å²) in [4.78, 5) is 22.7. The number of hydrogen-bond donors (Lipinski definition) is 1. The maximum Gasteiger partial charge on any atom is 0.415 e. The molecule has 2 amide bonds. The first kappa shape index (κ1) is 18.2. The Labute approximate surface area is 157 Å². The van der Waals surface area contributed by atoms with Crippen molar-refractivity contribution in [2.24, 2.45) is 5.41 Å². The highest BCUT2D eigenvalue weighted by molar-refractivity contribution is 6.64. The number of alkyl carbamates (subject to hydrolysis) is 1. The molecule has 2 unspecified atom stereocenters. The second-order valence-electron chi connectivity index (χ2n) is 8.02. The fourth-order valence-electron chi connectivity index (χ4n) is 5.30. The molecule has 0 aromatic rings. The van der Waals surface area contributed by atoms with Crippen LogP contribution >= 0.6 is 11.6 Å². The van der Waals surface area contributed by atoms with Crippen molar-refractivity contribution >= 4 is 23.1 Å². The molecule has 0 aromatic heterocycles. The molecule has 7 nitrogen and oxygen atoms in total. The van der Waals surface area contributed by atoms with Gasteiger partial charge in [0.1, 0.15) is 29.5 Å². The third-order valence-corrected chi connectivity index (χ3v) is 6.62. The van der Waals surface area contributed by atoms with Crippen LogP contribution in [0, 0.1) is 5.41 Å². The number of allylic oxidation sites excluding steroid dienone is 1. The minimum Gasteiger partial charge on any atom is -0.443 e. The molecule has 2 aliphatic carbocycles. The Morgan fingerprint density at radius 1 is 1.35 bits per heavy atom. The minimum atomic E-state index is -0.970. The molecule has 4 rings (SSSR count). The summed E-state index contributed by atoms with van der Waals surface area (Å²) in [5.74, 6) is 0. The van der Waals surface area contributed by atoms with E-state index in [2.05, 4.69) is 26.8 Å². The number of epoxide rings is 2. The topological polar surface area (TPSA) is 89.7 Å². The number of imide groups is 1. The fourth-order valence-corrected chi connectivity index (χ4v) is 5.38. The molecule has 8 heteroatoms. The van der Waals surface area contributed by atoms with Crippen LogP contribution in [0.5, 0.6) is 0 Å². The molecule has 1 N–H and O–H groups in total. The smallest absolute Gasteiger partial charge is 0.415 e. The van der Waals surface area contributed by atoms with Gasteiger partial charge in [0.15, 0.2) is 0 Å². The Morgan fingerprint density at radius 2 is 2.08 bits per heavy atom. The molecule has 4 fully saturated rings. The summed E-state index contributed by atoms with van der Waals surface area (Å²) in [7, 11) is 1.61. The van der Waals surface area contributed by atoms with E-state index in [0.717, 1.165) is 12.8 Å². The zero-order valence-corrected chi connectivity index (χ0v) is 16.1. The summed E-state index contributed by atoms with van der Waals surface area (Å²) in [6.45, 7) is 6.23. The van der Waals surface area contributed by atoms with Crippen molar-refractivity contribution < 1.29 is 28.5 Å². The van der Waals surface area contributed by atoms with Gasteiger partial charge < -0.3 is 18.9 Å². The molecule has 144 valence electrons. The minimum absolute atomic E-state index is 0.0768. The van der Waals surface area contributed by atoms with Crippen molar-refractivity contribution in [2.75, 3.05) is 7.11 Å². The number of rotatable bonds is 5. The van der Waals surface area contributed by atoms with E-state index in [4.69, 9.17) is 30.5 Å². The van der Waals surface area contributed by atoms with Crippen LogP contribution in [0.2, 0.25) is 0 Å². The van der Waals surface area contributed by atoms with E-state index in [0.29, 0.717) is 6.42 Å². The average molecular weight is 386 g/mol. The monoisotopic (exact) mass is 385 g/mol. The lowest BCUT2D eigenvalue weighted by Gasteiger charge is -2.43. The number of ether oxygens (including phenoxy) is 4. The summed E-state index contributed by atoms with van der Waals surface area (Å²) in [6.07, 6.45) is 2.87. The van der Waals surface area contributed by atoms with Crippen LogP contribution in [0.4, 0.5) is 9.59 Å². The normalized spacial score (nSPS) is 47.1. The molecule has 2 heterocycles. The Bertz CT molecular complexity index is 693. The molecule has 2 aliphatic heterocycles. The Balaban J connectivity index is 1.53. The zero-order chi connectivity index (χ0) is 18.9. The number of amides is 2. The summed E-state index contributed by atoms with van der Waals surface area (Å²) in [6, 6.07) is 0. The second kappa shape index (κ2) is 5.67. The quantitative estimate of drug-likeness (QED) is 0.339. The Morgan fingerprint density at radius 3 is 2.65 bits per heavy atom. The lowest BCUT2D eigenvalue weighted by molar-refractivity contribution is -0.165. The van der Waals surface area contributed by atoms with Crippen LogP contribution in [-0.4, -0.2) is 54.2 Å². The first-order chi connectivity index (χ1) is 12.2. The summed E-state index contributed by atoms with van der Waals surface area (Å²) < 4.78 is 23.3. The molecule has 0 radical (unpaired) electrons. The standard InChI is InChI=1S/C18H24ClNO6/c1-9(2)5-6-11-16(3,25-11)18-12(23-4)10(24-15(22)20-14(19)21)7-8-17(18)13(18)26-17/h5,10-13H,6-8H2,1-4H3,(H,20,21,22)/t10-,11-,12-,13?,16+,17?,18+/m1/s1. The largest absolute Gasteiger partial charge is 0.443 e. The molecule has 2 saturated heterocycles. The number of hydrogen-bond acceptors (Lipinski definition) is 6. The second-order valence-corrected chi connectivity index (χ2v) is 8.37. The number of carbonyl (C=O) groups excluding carboxylic acids is 2. The van der Waals surface area contributed by atoms with Gasteiger partial charge in [-0.3, -0.25) is 4.79 Å². The molecule has 2 saturated carbocycles. The van der Waals surface area contributed by atoms with Gasteiger partial charge in [-0.1, -0.05) is 11.6 Å². The lowest BCUT2D eigenvalue weighted by atomic mass is 9.70. The third-order valence-electron chi connectivity index (χ3n) is 6.53. The number of fused-ring (bicyclic) bond motifs is 1. The van der Waals surface area contributed by atoms with Gasteiger partial charge in [0, 0.05) is 7.11 Å². The van der Waals surface area contributed by atoms with Crippen LogP contribution in [0.15, 0.2) is 11.6 Å². The van der Waals surface area contributed by atoms with Crippen LogP contribution in [-0.2, 0) is 18.9 Å². The lowest BCUT2D eigenvalue weighted by Crippen LogP contribution is -2.57. The SMILES string of the molecule is CO[C@@H]1[C@H](OC(=O)NC(=O)Cl)CCC23OC2[C@]13[C@@]1(C)O[C@@H]1CC=C(C)C. The van der Waals surface area contributed by atoms with E-state index < -0.39 is 17.6 Å². The van der Waals surface area contributed by atoms with E-state index in [1.165, 1.54) is 5.57 Å². The van der Waals surface area contributed by atoms with Crippen molar-refractivity contribution in [1.29, 1.82) is 0 Å². The maximum atomic E-state index is 11.8. The number of carbonyl (C=O) groups is 2. The van der Waals surface area contributed by atoms with E-state index >= 15 is 0 Å². The average Bonchev–Trinajstić information content (AvgIpc) is 3.44. The Hall–Kier alpha value is -1.15. The molecule has 0 aromatic carbocycles. The molecule has 1 spiro atoms. The number of methoxy groups -OCH3 is 1. The molecule has 0 bridgehead atoms. The number of halogens is 1. The van der Waals surface area contributed by atoms with Crippen LogP contribution in [0.1, 0.15) is 40.0 Å². The van der Waals surface area contributed by atoms with Gasteiger partial charge in [-0.05, 0) is 51.6 Å². The maximum absolute atomic E-state index is 11.8. The first-order valence-corrected chi connectivity index (χ1v) is 9.29. The van der Waals surface area contributed by atoms with Gasteiger partial charge >= 0.3 is 11.5 Å².